The first kappa shape index (κ1) is 32.1. The molecular formula is C27H35FN4O10. The predicted molar refractivity (Wildman–Crippen MR) is 146 cm³/mol. The number of carbonyl (C=O) groups is 4. The first-order valence-electron chi connectivity index (χ1n) is 13.7. The topological polar surface area (TPSA) is 158 Å². The minimum atomic E-state index is -0.997. The standard InChI is InChI=1S/C27H35FN4O10/c1-5-39-25(34)19(26(35)40-6-2)15-31(18-8-9-18)24-20(16-42-17(4)33)23(21(28)14-22(24)32(37)38)29-10-12-30(13-11-29)27(36)41-7-3/h14-15,18H,5-13,16H2,1-4H3. The van der Waals surface area contributed by atoms with Gasteiger partial charge in [0, 0.05) is 50.9 Å². The van der Waals surface area contributed by atoms with Crippen LogP contribution in [0.5, 0.6) is 0 Å². The smallest absolute Gasteiger partial charge is 0.409 e. The summed E-state index contributed by atoms with van der Waals surface area (Å²) in [4.78, 5) is 65.5. The molecule has 42 heavy (non-hydrogen) atoms. The number of carbonyl (C=O) groups excluding carboxylic acids is 4. The highest BCUT2D eigenvalue weighted by molar-refractivity contribution is 6.14. The molecule has 3 rings (SSSR count). The number of nitro groups is 1. The van der Waals surface area contributed by atoms with E-state index >= 15 is 4.39 Å². The Morgan fingerprint density at radius 2 is 1.57 bits per heavy atom. The molecule has 0 spiro atoms. The highest BCUT2D eigenvalue weighted by atomic mass is 19.1. The molecule has 1 saturated carbocycles. The van der Waals surface area contributed by atoms with Gasteiger partial charge in [0.05, 0.1) is 36.5 Å². The lowest BCUT2D eigenvalue weighted by Crippen LogP contribution is -2.49. The Morgan fingerprint density at radius 3 is 2.05 bits per heavy atom. The molecule has 1 saturated heterocycles. The molecular weight excluding hydrogens is 559 g/mol. The molecule has 1 amide bonds. The lowest BCUT2D eigenvalue weighted by molar-refractivity contribution is -0.384. The summed E-state index contributed by atoms with van der Waals surface area (Å²) in [5, 5.41) is 12.3. The number of hydrogen-bond acceptors (Lipinski definition) is 12. The van der Waals surface area contributed by atoms with Crippen molar-refractivity contribution in [3.05, 3.63) is 39.3 Å². The number of amides is 1. The van der Waals surface area contributed by atoms with E-state index in [0.717, 1.165) is 19.2 Å². The summed E-state index contributed by atoms with van der Waals surface area (Å²) in [5.74, 6) is -3.64. The summed E-state index contributed by atoms with van der Waals surface area (Å²) in [6.07, 6.45) is 1.69. The number of esters is 3. The van der Waals surface area contributed by atoms with Crippen LogP contribution in [0, 0.1) is 15.9 Å². The lowest BCUT2D eigenvalue weighted by Gasteiger charge is -2.37. The molecule has 1 aromatic rings. The first-order chi connectivity index (χ1) is 20.0. The van der Waals surface area contributed by atoms with Crippen LogP contribution >= 0.6 is 0 Å². The molecule has 0 aromatic heterocycles. The largest absolute Gasteiger partial charge is 0.462 e. The summed E-state index contributed by atoms with van der Waals surface area (Å²) in [6.45, 7) is 6.14. The minimum absolute atomic E-state index is 0.0308. The van der Waals surface area contributed by atoms with E-state index in [1.54, 1.807) is 25.7 Å². The predicted octanol–water partition coefficient (Wildman–Crippen LogP) is 3.05. The van der Waals surface area contributed by atoms with Crippen molar-refractivity contribution in [2.45, 2.75) is 53.2 Å². The Balaban J connectivity index is 2.21. The molecule has 0 unspecified atom stereocenters. The zero-order valence-electron chi connectivity index (χ0n) is 24.1. The van der Waals surface area contributed by atoms with Crippen molar-refractivity contribution in [1.82, 2.24) is 4.90 Å². The van der Waals surface area contributed by atoms with Gasteiger partial charge in [-0.05, 0) is 33.6 Å². The second-order valence-electron chi connectivity index (χ2n) is 9.39. The van der Waals surface area contributed by atoms with Crippen molar-refractivity contribution in [2.75, 3.05) is 55.8 Å². The van der Waals surface area contributed by atoms with E-state index in [-0.39, 0.29) is 62.9 Å². The number of benzene rings is 1. The molecule has 1 heterocycles. The second kappa shape index (κ2) is 14.5. The van der Waals surface area contributed by atoms with E-state index in [2.05, 4.69) is 0 Å². The quantitative estimate of drug-likeness (QED) is 0.0663. The van der Waals surface area contributed by atoms with Crippen LogP contribution in [0.4, 0.5) is 26.2 Å². The Bertz CT molecular complexity index is 1220. The fourth-order valence-corrected chi connectivity index (χ4v) is 4.53. The zero-order chi connectivity index (χ0) is 31.0. The SMILES string of the molecule is CCOC(=O)C(=CN(c1c([N+](=O)[O-])cc(F)c(N2CCN(C(=O)OCC)CC2)c1COC(C)=O)C1CC1)C(=O)OCC. The van der Waals surface area contributed by atoms with Crippen molar-refractivity contribution in [1.29, 1.82) is 0 Å². The first-order valence-corrected chi connectivity index (χ1v) is 13.7. The number of anilines is 2. The monoisotopic (exact) mass is 594 g/mol. The number of piperazine rings is 1. The van der Waals surface area contributed by atoms with Gasteiger partial charge in [-0.1, -0.05) is 0 Å². The maximum Gasteiger partial charge on any atom is 0.409 e. The van der Waals surface area contributed by atoms with Gasteiger partial charge in [0.15, 0.2) is 11.4 Å². The number of rotatable bonds is 12. The van der Waals surface area contributed by atoms with Gasteiger partial charge in [0.2, 0.25) is 0 Å². The number of hydrogen-bond donors (Lipinski definition) is 0. The molecule has 1 aliphatic heterocycles. The Kier molecular flexibility index (Phi) is 11.0. The van der Waals surface area contributed by atoms with Crippen molar-refractivity contribution in [3.63, 3.8) is 0 Å². The third-order valence-electron chi connectivity index (χ3n) is 6.50. The van der Waals surface area contributed by atoms with E-state index in [1.165, 1.54) is 9.80 Å². The van der Waals surface area contributed by atoms with Gasteiger partial charge in [-0.2, -0.15) is 0 Å². The molecule has 14 nitrogen and oxygen atoms in total. The fraction of sp³-hybridized carbons (Fsp3) is 0.556. The van der Waals surface area contributed by atoms with E-state index < -0.39 is 58.7 Å². The summed E-state index contributed by atoms with van der Waals surface area (Å²) < 4.78 is 36.1. The molecule has 0 radical (unpaired) electrons. The fourth-order valence-electron chi connectivity index (χ4n) is 4.53. The summed E-state index contributed by atoms with van der Waals surface area (Å²) in [7, 11) is 0. The maximum atomic E-state index is 15.8. The van der Waals surface area contributed by atoms with Gasteiger partial charge in [0.25, 0.3) is 5.69 Å². The third kappa shape index (κ3) is 7.64. The number of ether oxygens (including phenoxy) is 4. The van der Waals surface area contributed by atoms with Gasteiger partial charge >= 0.3 is 24.0 Å². The Hall–Kier alpha value is -4.43. The van der Waals surface area contributed by atoms with Crippen LogP contribution in [0.15, 0.2) is 17.8 Å². The average molecular weight is 595 g/mol. The van der Waals surface area contributed by atoms with Crippen molar-refractivity contribution < 1.29 is 47.4 Å². The lowest BCUT2D eigenvalue weighted by atomic mass is 10.0. The van der Waals surface area contributed by atoms with Crippen molar-refractivity contribution in [3.8, 4) is 0 Å². The molecule has 0 atom stereocenters. The maximum absolute atomic E-state index is 15.8. The summed E-state index contributed by atoms with van der Waals surface area (Å²) in [5.41, 5.74) is -1.39. The minimum Gasteiger partial charge on any atom is -0.462 e. The van der Waals surface area contributed by atoms with Crippen LogP contribution in [0.1, 0.15) is 46.1 Å². The number of nitrogens with zero attached hydrogens (tertiary/aromatic N) is 4. The highest BCUT2D eigenvalue weighted by Gasteiger charge is 2.39. The van der Waals surface area contributed by atoms with Crippen LogP contribution in [0.3, 0.4) is 0 Å². The third-order valence-corrected chi connectivity index (χ3v) is 6.50. The molecule has 2 aliphatic rings. The van der Waals surface area contributed by atoms with Crippen LogP contribution < -0.4 is 9.80 Å². The van der Waals surface area contributed by atoms with E-state index in [4.69, 9.17) is 18.9 Å². The molecule has 0 N–H and O–H groups in total. The molecule has 1 aliphatic carbocycles. The molecule has 2 fully saturated rings. The summed E-state index contributed by atoms with van der Waals surface area (Å²) in [6, 6.07) is 0.370. The van der Waals surface area contributed by atoms with Crippen LogP contribution in [0.25, 0.3) is 0 Å². The van der Waals surface area contributed by atoms with Crippen LogP contribution in [-0.2, 0) is 39.9 Å². The number of halogens is 1. The van der Waals surface area contributed by atoms with Crippen molar-refractivity contribution in [2.24, 2.45) is 0 Å². The number of nitro benzene ring substituents is 1. The van der Waals surface area contributed by atoms with Crippen LogP contribution in [-0.4, -0.2) is 85.9 Å². The second-order valence-corrected chi connectivity index (χ2v) is 9.39. The molecule has 1 aromatic carbocycles. The Morgan fingerprint density at radius 1 is 1.00 bits per heavy atom. The molecule has 230 valence electrons. The summed E-state index contributed by atoms with van der Waals surface area (Å²) >= 11 is 0. The van der Waals surface area contributed by atoms with Crippen molar-refractivity contribution >= 4 is 41.1 Å². The van der Waals surface area contributed by atoms with Gasteiger partial charge in [-0.15, -0.1) is 0 Å². The normalized spacial score (nSPS) is 14.5. The van der Waals surface area contributed by atoms with Crippen LogP contribution in [0.2, 0.25) is 0 Å². The van der Waals surface area contributed by atoms with E-state index in [9.17, 15) is 29.3 Å². The highest BCUT2D eigenvalue weighted by Crippen LogP contribution is 2.45. The zero-order valence-corrected chi connectivity index (χ0v) is 24.1. The van der Waals surface area contributed by atoms with Gasteiger partial charge in [-0.25, -0.2) is 18.8 Å². The van der Waals surface area contributed by atoms with Gasteiger partial charge in [0.1, 0.15) is 12.3 Å². The molecule has 15 heteroatoms. The van der Waals surface area contributed by atoms with E-state index in [1.807, 2.05) is 0 Å². The van der Waals surface area contributed by atoms with Gasteiger partial charge < -0.3 is 33.6 Å². The molecule has 0 bridgehead atoms. The van der Waals surface area contributed by atoms with E-state index in [0.29, 0.717) is 12.8 Å². The Labute approximate surface area is 242 Å². The average Bonchev–Trinajstić information content (AvgIpc) is 3.78. The van der Waals surface area contributed by atoms with Gasteiger partial charge in [-0.3, -0.25) is 14.9 Å².